The molecule has 0 saturated heterocycles. The Morgan fingerprint density at radius 2 is 2.05 bits per heavy atom. The van der Waals surface area contributed by atoms with Crippen LogP contribution in [0.25, 0.3) is 0 Å². The highest BCUT2D eigenvalue weighted by Crippen LogP contribution is 2.34. The highest BCUT2D eigenvalue weighted by molar-refractivity contribution is 8.00. The number of hydrogen-bond donors (Lipinski definition) is 1. The van der Waals surface area contributed by atoms with Gasteiger partial charge in [-0.25, -0.2) is 0 Å². The van der Waals surface area contributed by atoms with Gasteiger partial charge in [0, 0.05) is 21.7 Å². The van der Waals surface area contributed by atoms with Crippen LogP contribution in [-0.4, -0.2) is 18.0 Å². The lowest BCUT2D eigenvalue weighted by Crippen LogP contribution is -2.22. The van der Waals surface area contributed by atoms with Crippen molar-refractivity contribution in [3.05, 3.63) is 47.5 Å². The quantitative estimate of drug-likeness (QED) is 0.851. The molecule has 114 valence electrons. The molecule has 4 nitrogen and oxygen atoms in total. The van der Waals surface area contributed by atoms with E-state index in [1.165, 1.54) is 11.8 Å². The number of amides is 1. The molecule has 1 aliphatic heterocycles. The van der Waals surface area contributed by atoms with E-state index in [1.54, 1.807) is 18.2 Å². The van der Waals surface area contributed by atoms with Crippen LogP contribution in [0.2, 0.25) is 5.02 Å². The third-order valence-corrected chi connectivity index (χ3v) is 4.45. The van der Waals surface area contributed by atoms with Crippen LogP contribution >= 0.6 is 23.4 Å². The Bertz CT molecular complexity index is 708. The number of thioether (sulfide) groups is 1. The summed E-state index contributed by atoms with van der Waals surface area (Å²) >= 11 is 7.41. The van der Waals surface area contributed by atoms with Gasteiger partial charge in [0.2, 0.25) is 12.7 Å². The molecule has 1 unspecified atom stereocenters. The van der Waals surface area contributed by atoms with Crippen molar-refractivity contribution < 1.29 is 14.3 Å². The van der Waals surface area contributed by atoms with E-state index in [0.29, 0.717) is 22.2 Å². The van der Waals surface area contributed by atoms with Crippen molar-refractivity contribution in [3.63, 3.8) is 0 Å². The van der Waals surface area contributed by atoms with Crippen LogP contribution < -0.4 is 14.8 Å². The van der Waals surface area contributed by atoms with Gasteiger partial charge in [-0.3, -0.25) is 4.79 Å². The molecule has 1 N–H and O–H groups in total. The average Bonchev–Trinajstić information content (AvgIpc) is 2.94. The van der Waals surface area contributed by atoms with Crippen LogP contribution in [0.3, 0.4) is 0 Å². The Kier molecular flexibility index (Phi) is 4.45. The number of hydrogen-bond acceptors (Lipinski definition) is 4. The molecule has 0 saturated carbocycles. The Labute approximate surface area is 137 Å². The van der Waals surface area contributed by atoms with Crippen molar-refractivity contribution in [2.45, 2.75) is 17.1 Å². The number of ether oxygens (including phenoxy) is 2. The van der Waals surface area contributed by atoms with Crippen LogP contribution in [0.4, 0.5) is 5.69 Å². The molecule has 0 spiro atoms. The van der Waals surface area contributed by atoms with Crippen LogP contribution in [0.15, 0.2) is 47.4 Å². The van der Waals surface area contributed by atoms with E-state index in [4.69, 9.17) is 21.1 Å². The molecule has 0 bridgehead atoms. The normalized spacial score (nSPS) is 13.7. The summed E-state index contributed by atoms with van der Waals surface area (Å²) in [6.45, 7) is 2.07. The van der Waals surface area contributed by atoms with Crippen molar-refractivity contribution in [3.8, 4) is 11.5 Å². The maximum absolute atomic E-state index is 12.3. The van der Waals surface area contributed by atoms with Gasteiger partial charge in [-0.2, -0.15) is 0 Å². The summed E-state index contributed by atoms with van der Waals surface area (Å²) in [5.74, 6) is 1.26. The summed E-state index contributed by atoms with van der Waals surface area (Å²) in [5.41, 5.74) is 0.688. The molecule has 0 aliphatic carbocycles. The minimum Gasteiger partial charge on any atom is -0.454 e. The predicted molar refractivity (Wildman–Crippen MR) is 88.0 cm³/mol. The van der Waals surface area contributed by atoms with Gasteiger partial charge in [0.1, 0.15) is 0 Å². The van der Waals surface area contributed by atoms with E-state index in [9.17, 15) is 4.79 Å². The molecule has 1 aliphatic rings. The highest BCUT2D eigenvalue weighted by Gasteiger charge is 2.17. The van der Waals surface area contributed by atoms with Gasteiger partial charge in [0.05, 0.1) is 5.25 Å². The topological polar surface area (TPSA) is 47.6 Å². The number of carbonyl (C=O) groups excluding carboxylic acids is 1. The smallest absolute Gasteiger partial charge is 0.237 e. The van der Waals surface area contributed by atoms with Crippen LogP contribution in [0.1, 0.15) is 6.92 Å². The van der Waals surface area contributed by atoms with Gasteiger partial charge < -0.3 is 14.8 Å². The Morgan fingerprint density at radius 3 is 2.86 bits per heavy atom. The molecule has 1 heterocycles. The van der Waals surface area contributed by atoms with E-state index >= 15 is 0 Å². The lowest BCUT2D eigenvalue weighted by atomic mass is 10.2. The zero-order valence-electron chi connectivity index (χ0n) is 11.8. The summed E-state index contributed by atoms with van der Waals surface area (Å²) in [6.07, 6.45) is 0. The van der Waals surface area contributed by atoms with Crippen molar-refractivity contribution >= 4 is 35.0 Å². The third kappa shape index (κ3) is 3.48. The second kappa shape index (κ2) is 6.50. The van der Waals surface area contributed by atoms with Crippen LogP contribution in [0, 0.1) is 0 Å². The van der Waals surface area contributed by atoms with Crippen LogP contribution in [-0.2, 0) is 4.79 Å². The number of benzene rings is 2. The number of nitrogens with one attached hydrogen (secondary N) is 1. The number of fused-ring (bicyclic) bond motifs is 1. The summed E-state index contributed by atoms with van der Waals surface area (Å²) in [6, 6.07) is 12.8. The minimum atomic E-state index is -0.246. The van der Waals surface area contributed by atoms with Gasteiger partial charge in [0.25, 0.3) is 0 Å². The van der Waals surface area contributed by atoms with Crippen molar-refractivity contribution in [2.24, 2.45) is 0 Å². The van der Waals surface area contributed by atoms with E-state index < -0.39 is 0 Å². The van der Waals surface area contributed by atoms with E-state index in [-0.39, 0.29) is 18.0 Å². The summed E-state index contributed by atoms with van der Waals surface area (Å²) in [7, 11) is 0. The first-order chi connectivity index (χ1) is 10.6. The summed E-state index contributed by atoms with van der Waals surface area (Å²) in [4.78, 5) is 13.2. The Morgan fingerprint density at radius 1 is 1.23 bits per heavy atom. The average molecular weight is 336 g/mol. The third-order valence-electron chi connectivity index (χ3n) is 3.12. The molecular weight excluding hydrogens is 322 g/mol. The van der Waals surface area contributed by atoms with Gasteiger partial charge in [0.15, 0.2) is 11.5 Å². The first kappa shape index (κ1) is 15.1. The molecule has 0 radical (unpaired) electrons. The lowest BCUT2D eigenvalue weighted by Gasteiger charge is -2.12. The lowest BCUT2D eigenvalue weighted by molar-refractivity contribution is -0.115. The van der Waals surface area contributed by atoms with Gasteiger partial charge in [-0.1, -0.05) is 17.7 Å². The van der Waals surface area contributed by atoms with E-state index in [1.807, 2.05) is 31.2 Å². The zero-order valence-corrected chi connectivity index (χ0v) is 13.4. The maximum atomic E-state index is 12.3. The van der Waals surface area contributed by atoms with Gasteiger partial charge in [-0.15, -0.1) is 11.8 Å². The number of carbonyl (C=O) groups is 1. The molecule has 0 fully saturated rings. The van der Waals surface area contributed by atoms with Crippen LogP contribution in [0.5, 0.6) is 11.5 Å². The molecule has 2 aromatic rings. The molecule has 1 amide bonds. The molecular formula is C16H14ClNO3S. The predicted octanol–water partition coefficient (Wildman–Crippen LogP) is 4.19. The standard InChI is InChI=1S/C16H14ClNO3S/c1-10(22-13-4-2-3-11(17)7-13)16(19)18-12-5-6-14-15(8-12)21-9-20-14/h2-8,10H,9H2,1H3,(H,18,19). The minimum absolute atomic E-state index is 0.0798. The van der Waals surface area contributed by atoms with E-state index in [2.05, 4.69) is 5.32 Å². The van der Waals surface area contributed by atoms with Gasteiger partial charge in [-0.05, 0) is 37.3 Å². The zero-order chi connectivity index (χ0) is 15.5. The molecule has 0 aromatic heterocycles. The van der Waals surface area contributed by atoms with Crippen molar-refractivity contribution in [2.75, 3.05) is 12.1 Å². The number of halogens is 1. The first-order valence-corrected chi connectivity index (χ1v) is 8.00. The Hall–Kier alpha value is -1.85. The molecule has 1 atom stereocenters. The second-order valence-corrected chi connectivity index (χ2v) is 6.63. The molecule has 22 heavy (non-hydrogen) atoms. The monoisotopic (exact) mass is 335 g/mol. The fourth-order valence-electron chi connectivity index (χ4n) is 2.02. The fourth-order valence-corrected chi connectivity index (χ4v) is 3.20. The summed E-state index contributed by atoms with van der Waals surface area (Å²) < 4.78 is 10.5. The maximum Gasteiger partial charge on any atom is 0.237 e. The SMILES string of the molecule is CC(Sc1cccc(Cl)c1)C(=O)Nc1ccc2c(c1)OCO2. The fraction of sp³-hybridized carbons (Fsp3) is 0.188. The molecule has 3 rings (SSSR count). The van der Waals surface area contributed by atoms with Crippen molar-refractivity contribution in [1.29, 1.82) is 0 Å². The second-order valence-electron chi connectivity index (χ2n) is 4.77. The van der Waals surface area contributed by atoms with E-state index in [0.717, 1.165) is 4.90 Å². The molecule has 2 aromatic carbocycles. The largest absolute Gasteiger partial charge is 0.454 e. The van der Waals surface area contributed by atoms with Gasteiger partial charge >= 0.3 is 0 Å². The number of rotatable bonds is 4. The highest BCUT2D eigenvalue weighted by atomic mass is 35.5. The summed E-state index contributed by atoms with van der Waals surface area (Å²) in [5, 5.41) is 3.29. The Balaban J connectivity index is 1.64. The molecule has 6 heteroatoms. The first-order valence-electron chi connectivity index (χ1n) is 6.74. The number of anilines is 1. The van der Waals surface area contributed by atoms with Crippen molar-refractivity contribution in [1.82, 2.24) is 0 Å².